The number of carbonyl (C=O) groups is 1. The van der Waals surface area contributed by atoms with Crippen molar-refractivity contribution in [1.82, 2.24) is 15.5 Å². The number of furan rings is 1. The van der Waals surface area contributed by atoms with E-state index in [-0.39, 0.29) is 5.91 Å². The molecule has 2 rings (SSSR count). The third kappa shape index (κ3) is 5.76. The van der Waals surface area contributed by atoms with Crippen LogP contribution in [0.4, 0.5) is 5.13 Å². The number of carbonyl (C=O) groups excluding carboxylic acids is 1. The summed E-state index contributed by atoms with van der Waals surface area (Å²) in [6, 6.07) is 3.74. The lowest BCUT2D eigenvalue weighted by atomic mass is 10.3. The molecule has 2 heterocycles. The second kappa shape index (κ2) is 8.68. The minimum absolute atomic E-state index is 0.0359. The van der Waals surface area contributed by atoms with Gasteiger partial charge in [0.05, 0.1) is 18.6 Å². The van der Waals surface area contributed by atoms with Crippen molar-refractivity contribution in [2.75, 3.05) is 17.6 Å². The van der Waals surface area contributed by atoms with Crippen molar-refractivity contribution in [2.45, 2.75) is 30.6 Å². The molecule has 2 N–H and O–H groups in total. The third-order valence-electron chi connectivity index (χ3n) is 2.58. The smallest absolute Gasteiger partial charge is 0.230 e. The van der Waals surface area contributed by atoms with E-state index in [0.717, 1.165) is 34.6 Å². The number of nitrogens with zero attached hydrogens (tertiary/aromatic N) is 2. The van der Waals surface area contributed by atoms with Crippen LogP contribution in [0.1, 0.15) is 25.5 Å². The highest BCUT2D eigenvalue weighted by Crippen LogP contribution is 2.25. The molecule has 1 amide bonds. The van der Waals surface area contributed by atoms with E-state index in [2.05, 4.69) is 27.8 Å². The van der Waals surface area contributed by atoms with Gasteiger partial charge in [-0.15, -0.1) is 10.2 Å². The van der Waals surface area contributed by atoms with Crippen LogP contribution in [0.3, 0.4) is 0 Å². The molecule has 0 aliphatic rings. The van der Waals surface area contributed by atoms with Gasteiger partial charge in [0.15, 0.2) is 4.34 Å². The number of unbranched alkanes of at least 4 members (excludes halogenated alkanes) is 1. The zero-order valence-electron chi connectivity index (χ0n) is 11.8. The molecule has 114 valence electrons. The average molecular weight is 326 g/mol. The molecular weight excluding hydrogens is 308 g/mol. The maximum Gasteiger partial charge on any atom is 0.230 e. The van der Waals surface area contributed by atoms with Gasteiger partial charge in [-0.05, 0) is 18.6 Å². The first kappa shape index (κ1) is 15.8. The van der Waals surface area contributed by atoms with Crippen LogP contribution in [0.5, 0.6) is 0 Å². The summed E-state index contributed by atoms with van der Waals surface area (Å²) in [5.41, 5.74) is 0. The number of nitrogens with one attached hydrogen (secondary N) is 2. The Hall–Kier alpha value is -1.54. The van der Waals surface area contributed by atoms with Gasteiger partial charge in [0.25, 0.3) is 0 Å². The predicted molar refractivity (Wildman–Crippen MR) is 84.6 cm³/mol. The second-order valence-corrected chi connectivity index (χ2v) is 6.50. The molecule has 0 atom stereocenters. The monoisotopic (exact) mass is 326 g/mol. The Morgan fingerprint density at radius 2 is 2.38 bits per heavy atom. The van der Waals surface area contributed by atoms with Crippen molar-refractivity contribution >= 4 is 34.1 Å². The van der Waals surface area contributed by atoms with Crippen LogP contribution in [0, 0.1) is 0 Å². The van der Waals surface area contributed by atoms with E-state index in [1.807, 2.05) is 12.1 Å². The standard InChI is InChI=1S/C13H18N4O2S2/c1-2-3-6-14-11(18)9-20-13-17-16-12(21-13)15-8-10-5-4-7-19-10/h4-5,7H,2-3,6,8-9H2,1H3,(H,14,18)(H,15,16). The number of hydrogen-bond donors (Lipinski definition) is 2. The van der Waals surface area contributed by atoms with Crippen molar-refractivity contribution in [3.8, 4) is 0 Å². The third-order valence-corrected chi connectivity index (χ3v) is 4.59. The molecule has 0 aliphatic carbocycles. The van der Waals surface area contributed by atoms with E-state index in [1.165, 1.54) is 23.1 Å². The molecule has 0 spiro atoms. The van der Waals surface area contributed by atoms with E-state index >= 15 is 0 Å². The van der Waals surface area contributed by atoms with Gasteiger partial charge in [-0.2, -0.15) is 0 Å². The predicted octanol–water partition coefficient (Wildman–Crippen LogP) is 2.75. The van der Waals surface area contributed by atoms with Gasteiger partial charge >= 0.3 is 0 Å². The molecule has 2 aromatic rings. The summed E-state index contributed by atoms with van der Waals surface area (Å²) in [5, 5.41) is 14.8. The first-order chi connectivity index (χ1) is 10.3. The molecule has 0 saturated heterocycles. The molecule has 0 unspecified atom stereocenters. The summed E-state index contributed by atoms with van der Waals surface area (Å²) in [5.74, 6) is 1.25. The summed E-state index contributed by atoms with van der Waals surface area (Å²) in [6.45, 7) is 3.41. The van der Waals surface area contributed by atoms with Crippen molar-refractivity contribution < 1.29 is 9.21 Å². The molecule has 0 fully saturated rings. The highest BCUT2D eigenvalue weighted by Gasteiger charge is 2.08. The number of hydrogen-bond acceptors (Lipinski definition) is 7. The van der Waals surface area contributed by atoms with Gasteiger partial charge in [-0.1, -0.05) is 36.4 Å². The fourth-order valence-corrected chi connectivity index (χ4v) is 3.08. The summed E-state index contributed by atoms with van der Waals surface area (Å²) >= 11 is 2.83. The Morgan fingerprint density at radius 1 is 1.48 bits per heavy atom. The fourth-order valence-electron chi connectivity index (χ4n) is 1.50. The van der Waals surface area contributed by atoms with Gasteiger partial charge in [-0.3, -0.25) is 4.79 Å². The molecule has 0 radical (unpaired) electrons. The Morgan fingerprint density at radius 3 is 3.14 bits per heavy atom. The lowest BCUT2D eigenvalue weighted by Gasteiger charge is -2.01. The molecule has 2 aromatic heterocycles. The first-order valence-corrected chi connectivity index (χ1v) is 8.57. The normalized spacial score (nSPS) is 10.5. The van der Waals surface area contributed by atoms with Crippen LogP contribution in [-0.4, -0.2) is 28.4 Å². The lowest BCUT2D eigenvalue weighted by molar-refractivity contribution is -0.118. The summed E-state index contributed by atoms with van der Waals surface area (Å²) in [6.07, 6.45) is 3.72. The van der Waals surface area contributed by atoms with Crippen LogP contribution in [0.25, 0.3) is 0 Å². The van der Waals surface area contributed by atoms with Crippen LogP contribution in [0.15, 0.2) is 27.2 Å². The zero-order chi connectivity index (χ0) is 14.9. The SMILES string of the molecule is CCCCNC(=O)CSc1nnc(NCc2ccco2)s1. The van der Waals surface area contributed by atoms with Crippen LogP contribution < -0.4 is 10.6 Å². The summed E-state index contributed by atoms with van der Waals surface area (Å²) in [4.78, 5) is 11.6. The van der Waals surface area contributed by atoms with Gasteiger partial charge in [0, 0.05) is 6.54 Å². The zero-order valence-corrected chi connectivity index (χ0v) is 13.4. The molecular formula is C13H18N4O2S2. The Labute approximate surface area is 131 Å². The van der Waals surface area contributed by atoms with Crippen LogP contribution in [0.2, 0.25) is 0 Å². The number of rotatable bonds is 9. The fraction of sp³-hybridized carbons (Fsp3) is 0.462. The van der Waals surface area contributed by atoms with Crippen molar-refractivity contribution in [1.29, 1.82) is 0 Å². The first-order valence-electron chi connectivity index (χ1n) is 6.77. The number of aromatic nitrogens is 2. The van der Waals surface area contributed by atoms with Crippen molar-refractivity contribution in [3.05, 3.63) is 24.2 Å². The number of amides is 1. The molecule has 0 aromatic carbocycles. The molecule has 0 saturated carbocycles. The van der Waals surface area contributed by atoms with E-state index in [9.17, 15) is 4.79 Å². The second-order valence-electron chi connectivity index (χ2n) is 4.30. The quantitative estimate of drug-likeness (QED) is 0.545. The maximum absolute atomic E-state index is 11.6. The molecule has 6 nitrogen and oxygen atoms in total. The Bertz CT molecular complexity index is 542. The summed E-state index contributed by atoms with van der Waals surface area (Å²) < 4.78 is 6.00. The Balaban J connectivity index is 1.69. The lowest BCUT2D eigenvalue weighted by Crippen LogP contribution is -2.25. The van der Waals surface area contributed by atoms with Crippen LogP contribution in [-0.2, 0) is 11.3 Å². The maximum atomic E-state index is 11.6. The van der Waals surface area contributed by atoms with Crippen molar-refractivity contribution in [2.24, 2.45) is 0 Å². The van der Waals surface area contributed by atoms with Gasteiger partial charge < -0.3 is 15.1 Å². The minimum Gasteiger partial charge on any atom is -0.467 e. The molecule has 0 aliphatic heterocycles. The minimum atomic E-state index is 0.0359. The highest BCUT2D eigenvalue weighted by atomic mass is 32.2. The number of thioether (sulfide) groups is 1. The largest absolute Gasteiger partial charge is 0.467 e. The number of anilines is 1. The molecule has 0 bridgehead atoms. The van der Waals surface area contributed by atoms with Gasteiger partial charge in [0.2, 0.25) is 11.0 Å². The van der Waals surface area contributed by atoms with E-state index in [0.29, 0.717) is 12.3 Å². The van der Waals surface area contributed by atoms with E-state index in [1.54, 1.807) is 6.26 Å². The van der Waals surface area contributed by atoms with Gasteiger partial charge in [0.1, 0.15) is 5.76 Å². The van der Waals surface area contributed by atoms with E-state index < -0.39 is 0 Å². The topological polar surface area (TPSA) is 80.0 Å². The molecule has 21 heavy (non-hydrogen) atoms. The van der Waals surface area contributed by atoms with Gasteiger partial charge in [-0.25, -0.2) is 0 Å². The Kier molecular flexibility index (Phi) is 6.55. The van der Waals surface area contributed by atoms with Crippen molar-refractivity contribution in [3.63, 3.8) is 0 Å². The average Bonchev–Trinajstić information content (AvgIpc) is 3.15. The molecule has 8 heteroatoms. The van der Waals surface area contributed by atoms with Crippen LogP contribution >= 0.6 is 23.1 Å². The summed E-state index contributed by atoms with van der Waals surface area (Å²) in [7, 11) is 0. The van der Waals surface area contributed by atoms with E-state index in [4.69, 9.17) is 4.42 Å². The highest BCUT2D eigenvalue weighted by molar-refractivity contribution is 8.01.